The largest absolute Gasteiger partial charge is 0.323 e. The van der Waals surface area contributed by atoms with E-state index in [4.69, 9.17) is 5.84 Å². The van der Waals surface area contributed by atoms with Crippen LogP contribution in [0.15, 0.2) is 23.1 Å². The lowest BCUT2D eigenvalue weighted by Gasteiger charge is -2.12. The van der Waals surface area contributed by atoms with Gasteiger partial charge in [0, 0.05) is 18.7 Å². The maximum absolute atomic E-state index is 12.1. The van der Waals surface area contributed by atoms with E-state index >= 15 is 0 Å². The van der Waals surface area contributed by atoms with Crippen LogP contribution in [0.25, 0.3) is 0 Å². The normalized spacial score (nSPS) is 11.6. The van der Waals surface area contributed by atoms with E-state index in [1.807, 2.05) is 19.0 Å². The second kappa shape index (κ2) is 7.31. The molecule has 0 radical (unpaired) electrons. The van der Waals surface area contributed by atoms with Gasteiger partial charge >= 0.3 is 0 Å². The molecule has 0 spiro atoms. The van der Waals surface area contributed by atoms with Gasteiger partial charge in [-0.25, -0.2) is 13.1 Å². The molecule has 0 atom stereocenters. The Morgan fingerprint density at radius 3 is 2.57 bits per heavy atom. The fourth-order valence-corrected chi connectivity index (χ4v) is 2.88. The monoisotopic (exact) mass is 317 g/mol. The van der Waals surface area contributed by atoms with Gasteiger partial charge in [-0.05, 0) is 33.1 Å². The minimum absolute atomic E-state index is 0.0238. The molecule has 0 unspecified atom stereocenters. The van der Waals surface area contributed by atoms with Crippen LogP contribution >= 0.6 is 0 Å². The van der Waals surface area contributed by atoms with E-state index < -0.39 is 14.9 Å². The van der Waals surface area contributed by atoms with Gasteiger partial charge in [0.1, 0.15) is 4.90 Å². The third-order valence-electron chi connectivity index (χ3n) is 2.69. The second-order valence-corrected chi connectivity index (χ2v) is 6.37. The number of benzene rings is 1. The van der Waals surface area contributed by atoms with Crippen molar-refractivity contribution in [3.05, 3.63) is 28.3 Å². The minimum Gasteiger partial charge on any atom is -0.323 e. The van der Waals surface area contributed by atoms with Gasteiger partial charge in [-0.3, -0.25) is 16.0 Å². The van der Waals surface area contributed by atoms with Crippen LogP contribution in [0.2, 0.25) is 0 Å². The molecule has 9 nitrogen and oxygen atoms in total. The molecule has 1 rings (SSSR count). The van der Waals surface area contributed by atoms with E-state index in [2.05, 4.69) is 10.1 Å². The molecule has 1 aromatic carbocycles. The fourth-order valence-electron chi connectivity index (χ4n) is 1.66. The first-order valence-corrected chi connectivity index (χ1v) is 7.65. The summed E-state index contributed by atoms with van der Waals surface area (Å²) < 4.78 is 26.7. The molecule has 0 bridgehead atoms. The highest BCUT2D eigenvalue weighted by Gasteiger charge is 2.20. The average Bonchev–Trinajstić information content (AvgIpc) is 2.42. The predicted molar refractivity (Wildman–Crippen MR) is 79.3 cm³/mol. The molecule has 21 heavy (non-hydrogen) atoms. The summed E-state index contributed by atoms with van der Waals surface area (Å²) in [5.41, 5.74) is 1.91. The number of nitro benzene ring substituents is 1. The molecule has 0 aliphatic carbocycles. The molecule has 10 heteroatoms. The highest BCUT2D eigenvalue weighted by Crippen LogP contribution is 2.25. The van der Waals surface area contributed by atoms with E-state index in [1.54, 1.807) is 0 Å². The first-order valence-electron chi connectivity index (χ1n) is 6.17. The van der Waals surface area contributed by atoms with Crippen LogP contribution in [0.3, 0.4) is 0 Å². The summed E-state index contributed by atoms with van der Waals surface area (Å²) in [6, 6.07) is 3.35. The van der Waals surface area contributed by atoms with Gasteiger partial charge in [-0.1, -0.05) is 0 Å². The van der Waals surface area contributed by atoms with Crippen LogP contribution in [-0.4, -0.2) is 45.4 Å². The van der Waals surface area contributed by atoms with Crippen LogP contribution in [0.4, 0.5) is 11.4 Å². The van der Waals surface area contributed by atoms with Crippen molar-refractivity contribution in [2.45, 2.75) is 11.3 Å². The Kier molecular flexibility index (Phi) is 6.03. The molecule has 1 aromatic rings. The summed E-state index contributed by atoms with van der Waals surface area (Å²) in [4.78, 5) is 11.9. The van der Waals surface area contributed by atoms with Crippen LogP contribution in [0.1, 0.15) is 6.42 Å². The number of non-ortho nitro benzene ring substituents is 1. The first-order chi connectivity index (χ1) is 9.77. The second-order valence-electron chi connectivity index (χ2n) is 4.64. The number of nitrogen functional groups attached to an aromatic ring is 1. The number of nitrogens with one attached hydrogen (secondary N) is 2. The molecular formula is C11H19N5O4S. The van der Waals surface area contributed by atoms with Crippen LogP contribution in [0.5, 0.6) is 0 Å². The van der Waals surface area contributed by atoms with Gasteiger partial charge < -0.3 is 10.3 Å². The van der Waals surface area contributed by atoms with Crippen molar-refractivity contribution in [2.75, 3.05) is 32.6 Å². The number of hydrogen-bond acceptors (Lipinski definition) is 7. The van der Waals surface area contributed by atoms with Gasteiger partial charge in [0.2, 0.25) is 10.0 Å². The lowest BCUT2D eigenvalue weighted by Crippen LogP contribution is -2.28. The zero-order chi connectivity index (χ0) is 16.0. The van der Waals surface area contributed by atoms with Gasteiger partial charge in [0.15, 0.2) is 0 Å². The number of hydrazine groups is 1. The molecule has 0 amide bonds. The zero-order valence-corrected chi connectivity index (χ0v) is 12.7. The first kappa shape index (κ1) is 17.3. The molecule has 0 heterocycles. The van der Waals surface area contributed by atoms with Crippen LogP contribution in [0, 0.1) is 10.1 Å². The highest BCUT2D eigenvalue weighted by atomic mass is 32.2. The Labute approximate surface area is 123 Å². The molecule has 0 saturated heterocycles. The summed E-state index contributed by atoms with van der Waals surface area (Å²) in [6.45, 7) is 1.01. The molecule has 0 fully saturated rings. The Morgan fingerprint density at radius 2 is 2.05 bits per heavy atom. The maximum Gasteiger partial charge on any atom is 0.271 e. The molecule has 0 saturated carbocycles. The predicted octanol–water partition coefficient (Wildman–Crippen LogP) is 0.110. The van der Waals surface area contributed by atoms with Gasteiger partial charge in [0.05, 0.1) is 10.6 Å². The third-order valence-corrected chi connectivity index (χ3v) is 4.21. The fraction of sp³-hybridized carbons (Fsp3) is 0.455. The SMILES string of the molecule is CN(C)CCCNS(=O)(=O)c1ccc([N+](=O)[O-])cc1NN. The van der Waals surface area contributed by atoms with E-state index in [-0.39, 0.29) is 22.8 Å². The smallest absolute Gasteiger partial charge is 0.271 e. The number of rotatable bonds is 8. The van der Waals surface area contributed by atoms with Crippen molar-refractivity contribution in [3.63, 3.8) is 0 Å². The summed E-state index contributed by atoms with van der Waals surface area (Å²) >= 11 is 0. The number of sulfonamides is 1. The van der Waals surface area contributed by atoms with Gasteiger partial charge in [-0.15, -0.1) is 0 Å². The summed E-state index contributed by atoms with van der Waals surface area (Å²) in [5, 5.41) is 10.7. The summed E-state index contributed by atoms with van der Waals surface area (Å²) in [7, 11) is 0.00325. The van der Waals surface area contributed by atoms with Crippen molar-refractivity contribution in [3.8, 4) is 0 Å². The molecule has 4 N–H and O–H groups in total. The number of nitrogens with zero attached hydrogens (tertiary/aromatic N) is 2. The van der Waals surface area contributed by atoms with Crippen molar-refractivity contribution in [1.82, 2.24) is 9.62 Å². The van der Waals surface area contributed by atoms with Crippen LogP contribution in [-0.2, 0) is 10.0 Å². The highest BCUT2D eigenvalue weighted by molar-refractivity contribution is 7.89. The third kappa shape index (κ3) is 4.93. The standard InChI is InChI=1S/C11H19N5O4S/c1-15(2)7-3-6-13-21(19,20)11-5-4-9(16(17)18)8-10(11)14-12/h4-5,8,13-14H,3,6-7,12H2,1-2H3. The van der Waals surface area contributed by atoms with Crippen molar-refractivity contribution in [2.24, 2.45) is 5.84 Å². The zero-order valence-electron chi connectivity index (χ0n) is 11.9. The van der Waals surface area contributed by atoms with Gasteiger partial charge in [-0.2, -0.15) is 0 Å². The quantitative estimate of drug-likeness (QED) is 0.268. The van der Waals surface area contributed by atoms with Crippen molar-refractivity contribution >= 4 is 21.4 Å². The number of nitro groups is 1. The van der Waals surface area contributed by atoms with E-state index in [1.165, 1.54) is 0 Å². The minimum atomic E-state index is -3.78. The van der Waals surface area contributed by atoms with Crippen molar-refractivity contribution in [1.29, 1.82) is 0 Å². The molecule has 0 aromatic heterocycles. The number of nitrogens with two attached hydrogens (primary N) is 1. The molecule has 118 valence electrons. The average molecular weight is 317 g/mol. The molecule has 0 aliphatic heterocycles. The summed E-state index contributed by atoms with van der Waals surface area (Å²) in [6.07, 6.45) is 0.643. The van der Waals surface area contributed by atoms with E-state index in [0.717, 1.165) is 24.7 Å². The van der Waals surface area contributed by atoms with E-state index in [9.17, 15) is 18.5 Å². The topological polar surface area (TPSA) is 131 Å². The summed E-state index contributed by atoms with van der Waals surface area (Å²) in [5.74, 6) is 5.24. The molecular weight excluding hydrogens is 298 g/mol. The Hall–Kier alpha value is -1.75. The number of hydrogen-bond donors (Lipinski definition) is 3. The number of anilines is 1. The van der Waals surface area contributed by atoms with Crippen molar-refractivity contribution < 1.29 is 13.3 Å². The Balaban J connectivity index is 2.90. The van der Waals surface area contributed by atoms with Gasteiger partial charge in [0.25, 0.3) is 5.69 Å². The van der Waals surface area contributed by atoms with Crippen LogP contribution < -0.4 is 16.0 Å². The lowest BCUT2D eigenvalue weighted by molar-refractivity contribution is -0.384. The molecule has 0 aliphatic rings. The Morgan fingerprint density at radius 1 is 1.38 bits per heavy atom. The Bertz CT molecular complexity index is 603. The lowest BCUT2D eigenvalue weighted by atomic mass is 10.3. The maximum atomic E-state index is 12.1. The van der Waals surface area contributed by atoms with E-state index in [0.29, 0.717) is 6.42 Å².